The Balaban J connectivity index is 1.67. The van der Waals surface area contributed by atoms with E-state index >= 15 is 0 Å². The van der Waals surface area contributed by atoms with E-state index < -0.39 is 11.4 Å². The number of aliphatic carboxylic acids is 1. The second-order valence-corrected chi connectivity index (χ2v) is 10.0. The predicted octanol–water partition coefficient (Wildman–Crippen LogP) is 4.75. The first-order valence-electron chi connectivity index (χ1n) is 10.1. The Morgan fingerprint density at radius 3 is 2.58 bits per heavy atom. The minimum Gasteiger partial charge on any atom is -0.481 e. The largest absolute Gasteiger partial charge is 0.481 e. The molecule has 1 unspecified atom stereocenters. The fourth-order valence-electron chi connectivity index (χ4n) is 8.25. The maximum absolute atomic E-state index is 12.1. The zero-order valence-electron chi connectivity index (χ0n) is 15.6. The van der Waals surface area contributed by atoms with Crippen LogP contribution in [-0.4, -0.2) is 24.8 Å². The summed E-state index contributed by atoms with van der Waals surface area (Å²) >= 11 is 0. The summed E-state index contributed by atoms with van der Waals surface area (Å²) in [6.07, 6.45) is 11.0. The monoisotopic (exact) mass is 334 g/mol. The fraction of sp³-hybridized carbons (Fsp3) is 0.952. The molecule has 1 spiro atoms. The smallest absolute Gasteiger partial charge is 0.309 e. The Kier molecular flexibility index (Phi) is 3.84. The molecule has 0 amide bonds. The van der Waals surface area contributed by atoms with E-state index in [9.17, 15) is 9.90 Å². The van der Waals surface area contributed by atoms with Crippen LogP contribution in [0, 0.1) is 39.9 Å². The first kappa shape index (κ1) is 16.9. The van der Waals surface area contributed by atoms with Gasteiger partial charge in [-0.2, -0.15) is 0 Å². The second-order valence-electron chi connectivity index (χ2n) is 10.0. The van der Waals surface area contributed by atoms with Gasteiger partial charge in [-0.15, -0.1) is 0 Å². The van der Waals surface area contributed by atoms with Crippen LogP contribution in [0.1, 0.15) is 71.6 Å². The quantitative estimate of drug-likeness (QED) is 0.810. The highest BCUT2D eigenvalue weighted by atomic mass is 16.5. The van der Waals surface area contributed by atoms with Crippen LogP contribution in [0.3, 0.4) is 0 Å². The molecule has 3 nitrogen and oxygen atoms in total. The van der Waals surface area contributed by atoms with Crippen LogP contribution in [0.5, 0.6) is 0 Å². The molecule has 0 radical (unpaired) electrons. The van der Waals surface area contributed by atoms with Crippen molar-refractivity contribution in [3.05, 3.63) is 0 Å². The second kappa shape index (κ2) is 5.46. The molecule has 3 heteroatoms. The molecule has 7 atom stereocenters. The van der Waals surface area contributed by atoms with E-state index in [1.165, 1.54) is 38.5 Å². The standard InChI is InChI=1S/C21H34O3/c1-19-8-4-9-20(2,18(22)23)16(19)7-10-21-11-14(5-6-17(19)21)15(12-21)13-24-3/h14-17H,4-13H2,1-3H3,(H,22,23)/t14-,15?,16+,17+,19-,20-,21+/m1/s1. The van der Waals surface area contributed by atoms with Crippen molar-refractivity contribution in [1.29, 1.82) is 0 Å². The zero-order chi connectivity index (χ0) is 17.2. The topological polar surface area (TPSA) is 46.5 Å². The van der Waals surface area contributed by atoms with Crippen molar-refractivity contribution in [2.24, 2.45) is 39.9 Å². The number of rotatable bonds is 3. The number of carboxylic acids is 1. The van der Waals surface area contributed by atoms with Crippen molar-refractivity contribution >= 4 is 5.97 Å². The highest BCUT2D eigenvalue weighted by molar-refractivity contribution is 5.75. The summed E-state index contributed by atoms with van der Waals surface area (Å²) < 4.78 is 5.53. The van der Waals surface area contributed by atoms with Gasteiger partial charge in [-0.25, -0.2) is 0 Å². The van der Waals surface area contributed by atoms with Crippen LogP contribution in [0.4, 0.5) is 0 Å². The van der Waals surface area contributed by atoms with E-state index in [4.69, 9.17) is 4.74 Å². The van der Waals surface area contributed by atoms with E-state index in [0.717, 1.165) is 43.6 Å². The molecule has 0 aromatic heterocycles. The number of methoxy groups -OCH3 is 1. The molecule has 24 heavy (non-hydrogen) atoms. The number of carboxylic acid groups (broad SMARTS) is 1. The highest BCUT2D eigenvalue weighted by Crippen LogP contribution is 2.72. The maximum atomic E-state index is 12.1. The lowest BCUT2D eigenvalue weighted by Crippen LogP contribution is -2.58. The lowest BCUT2D eigenvalue weighted by molar-refractivity contribution is -0.181. The van der Waals surface area contributed by atoms with Crippen LogP contribution < -0.4 is 0 Å². The number of fused-ring (bicyclic) bond motifs is 3. The maximum Gasteiger partial charge on any atom is 0.309 e. The van der Waals surface area contributed by atoms with Gasteiger partial charge in [0.1, 0.15) is 0 Å². The molecule has 0 heterocycles. The first-order chi connectivity index (χ1) is 11.4. The van der Waals surface area contributed by atoms with Crippen molar-refractivity contribution in [2.45, 2.75) is 71.6 Å². The molecule has 0 aromatic rings. The Bertz CT molecular complexity index is 531. The van der Waals surface area contributed by atoms with E-state index in [0.29, 0.717) is 11.3 Å². The summed E-state index contributed by atoms with van der Waals surface area (Å²) in [6, 6.07) is 0. The number of carbonyl (C=O) groups is 1. The van der Waals surface area contributed by atoms with Crippen molar-refractivity contribution in [3.8, 4) is 0 Å². The minimum absolute atomic E-state index is 0.233. The van der Waals surface area contributed by atoms with Crippen molar-refractivity contribution in [2.75, 3.05) is 13.7 Å². The number of hydrogen-bond acceptors (Lipinski definition) is 2. The molecule has 2 bridgehead atoms. The Morgan fingerprint density at radius 1 is 1.08 bits per heavy atom. The van der Waals surface area contributed by atoms with Gasteiger partial charge in [-0.1, -0.05) is 13.3 Å². The molecule has 0 aromatic carbocycles. The Hall–Kier alpha value is -0.570. The van der Waals surface area contributed by atoms with Gasteiger partial charge >= 0.3 is 5.97 Å². The normalized spacial score (nSPS) is 53.3. The van der Waals surface area contributed by atoms with Crippen molar-refractivity contribution in [1.82, 2.24) is 0 Å². The van der Waals surface area contributed by atoms with Gasteiger partial charge in [0.15, 0.2) is 0 Å². The molecule has 4 rings (SSSR count). The lowest BCUT2D eigenvalue weighted by atomic mass is 9.41. The molecule has 4 fully saturated rings. The third kappa shape index (κ3) is 2.09. The van der Waals surface area contributed by atoms with Crippen LogP contribution >= 0.6 is 0 Å². The van der Waals surface area contributed by atoms with Crippen LogP contribution in [0.25, 0.3) is 0 Å². The fourth-order valence-corrected chi connectivity index (χ4v) is 8.25. The van der Waals surface area contributed by atoms with Gasteiger partial charge < -0.3 is 9.84 Å². The van der Waals surface area contributed by atoms with Gasteiger partial charge in [0, 0.05) is 13.7 Å². The average Bonchev–Trinajstić information content (AvgIpc) is 2.78. The van der Waals surface area contributed by atoms with Crippen molar-refractivity contribution < 1.29 is 14.6 Å². The van der Waals surface area contributed by atoms with Gasteiger partial charge in [0.2, 0.25) is 0 Å². The minimum atomic E-state index is -0.549. The predicted molar refractivity (Wildman–Crippen MR) is 93.7 cm³/mol. The summed E-state index contributed by atoms with van der Waals surface area (Å²) in [5, 5.41) is 9.97. The summed E-state index contributed by atoms with van der Waals surface area (Å²) in [4.78, 5) is 12.1. The number of hydrogen-bond donors (Lipinski definition) is 1. The molecule has 1 N–H and O–H groups in total. The van der Waals surface area contributed by atoms with Crippen LogP contribution in [-0.2, 0) is 9.53 Å². The van der Waals surface area contributed by atoms with Crippen LogP contribution in [0.2, 0.25) is 0 Å². The first-order valence-corrected chi connectivity index (χ1v) is 10.1. The summed E-state index contributed by atoms with van der Waals surface area (Å²) in [7, 11) is 1.84. The van der Waals surface area contributed by atoms with E-state index in [2.05, 4.69) is 6.92 Å². The molecular weight excluding hydrogens is 300 g/mol. The molecule has 0 aliphatic heterocycles. The molecule has 4 aliphatic carbocycles. The van der Waals surface area contributed by atoms with E-state index in [1.807, 2.05) is 14.0 Å². The van der Waals surface area contributed by atoms with Gasteiger partial charge in [0.05, 0.1) is 5.41 Å². The molecular formula is C21H34O3. The van der Waals surface area contributed by atoms with Gasteiger partial charge in [-0.3, -0.25) is 4.79 Å². The molecule has 136 valence electrons. The van der Waals surface area contributed by atoms with Gasteiger partial charge in [-0.05, 0) is 92.8 Å². The summed E-state index contributed by atoms with van der Waals surface area (Å²) in [5.41, 5.74) is 0.223. The van der Waals surface area contributed by atoms with E-state index in [-0.39, 0.29) is 5.41 Å². The van der Waals surface area contributed by atoms with Gasteiger partial charge in [0.25, 0.3) is 0 Å². The van der Waals surface area contributed by atoms with E-state index in [1.54, 1.807) is 0 Å². The highest BCUT2D eigenvalue weighted by Gasteiger charge is 2.65. The molecule has 4 saturated carbocycles. The summed E-state index contributed by atoms with van der Waals surface area (Å²) in [6.45, 7) is 5.43. The zero-order valence-corrected chi connectivity index (χ0v) is 15.6. The third-order valence-electron chi connectivity index (χ3n) is 9.14. The average molecular weight is 335 g/mol. The molecule has 0 saturated heterocycles. The summed E-state index contributed by atoms with van der Waals surface area (Å²) in [5.74, 6) is 2.16. The SMILES string of the molecule is COCC1C[C@@]23CC[C@H]4[C@@](C)(CCC[C@@]4(C)C(=O)O)[C@@H]2CC[C@@H]1C3. The van der Waals surface area contributed by atoms with Crippen molar-refractivity contribution in [3.63, 3.8) is 0 Å². The molecule has 4 aliphatic rings. The Labute approximate surface area is 146 Å². The third-order valence-corrected chi connectivity index (χ3v) is 9.14. The Morgan fingerprint density at radius 2 is 1.88 bits per heavy atom. The van der Waals surface area contributed by atoms with Crippen LogP contribution in [0.15, 0.2) is 0 Å². The number of ether oxygens (including phenoxy) is 1. The lowest BCUT2D eigenvalue weighted by Gasteiger charge is -2.63.